The molecule has 142 valence electrons. The zero-order valence-electron chi connectivity index (χ0n) is 15.0. The van der Waals surface area contributed by atoms with Crippen molar-refractivity contribution in [2.45, 2.75) is 6.54 Å². The smallest absolute Gasteiger partial charge is 0.261 e. The second kappa shape index (κ2) is 9.02. The van der Waals surface area contributed by atoms with Crippen molar-refractivity contribution in [1.29, 1.82) is 5.41 Å². The van der Waals surface area contributed by atoms with Crippen LogP contribution in [-0.4, -0.2) is 35.2 Å². The van der Waals surface area contributed by atoms with Gasteiger partial charge >= 0.3 is 0 Å². The second-order valence-electron chi connectivity index (χ2n) is 5.92. The van der Waals surface area contributed by atoms with E-state index in [4.69, 9.17) is 23.4 Å². The molecule has 0 aliphatic heterocycles. The first kappa shape index (κ1) is 20.1. The third-order valence-corrected chi connectivity index (χ3v) is 6.06. The lowest BCUT2D eigenvalue weighted by atomic mass is 10.1. The lowest BCUT2D eigenvalue weighted by Crippen LogP contribution is -2.26. The quantitative estimate of drug-likeness (QED) is 0.348. The predicted molar refractivity (Wildman–Crippen MR) is 116 cm³/mol. The Morgan fingerprint density at radius 2 is 2.07 bits per heavy atom. The summed E-state index contributed by atoms with van der Waals surface area (Å²) in [4.78, 5) is 19.0. The van der Waals surface area contributed by atoms with E-state index in [2.05, 4.69) is 16.2 Å². The van der Waals surface area contributed by atoms with Gasteiger partial charge in [0, 0.05) is 23.6 Å². The van der Waals surface area contributed by atoms with Gasteiger partial charge in [-0.1, -0.05) is 41.8 Å². The standard InChI is InChI=1S/C20H17ClN4OS2/c1-3-10-25(2)18(22)13-4-6-14(7-5-13)20-24-15(12-27-20)11-23-19(26)16-8-9-17(21)28-16/h1,4-9,12,22H,10-11H2,2H3,(H,23,26). The lowest BCUT2D eigenvalue weighted by molar-refractivity contribution is 0.0954. The minimum Gasteiger partial charge on any atom is -0.349 e. The molecular formula is C20H17ClN4OS2. The number of rotatable bonds is 6. The number of carbonyl (C=O) groups is 1. The van der Waals surface area contributed by atoms with Crippen molar-refractivity contribution < 1.29 is 4.79 Å². The Hall–Kier alpha value is -2.66. The monoisotopic (exact) mass is 428 g/mol. The van der Waals surface area contributed by atoms with Crippen molar-refractivity contribution in [3.63, 3.8) is 0 Å². The van der Waals surface area contributed by atoms with E-state index in [0.29, 0.717) is 28.1 Å². The maximum atomic E-state index is 12.1. The Morgan fingerprint density at radius 1 is 1.32 bits per heavy atom. The van der Waals surface area contributed by atoms with E-state index in [1.165, 1.54) is 22.7 Å². The van der Waals surface area contributed by atoms with Gasteiger partial charge in [0.1, 0.15) is 10.8 Å². The topological polar surface area (TPSA) is 69.1 Å². The van der Waals surface area contributed by atoms with Crippen LogP contribution >= 0.6 is 34.3 Å². The summed E-state index contributed by atoms with van der Waals surface area (Å²) in [5.41, 5.74) is 2.55. The van der Waals surface area contributed by atoms with Crippen molar-refractivity contribution >= 4 is 46.0 Å². The molecule has 3 rings (SSSR count). The van der Waals surface area contributed by atoms with E-state index in [1.807, 2.05) is 29.6 Å². The van der Waals surface area contributed by atoms with Crippen LogP contribution in [0.5, 0.6) is 0 Å². The predicted octanol–water partition coefficient (Wildman–Crippen LogP) is 4.35. The van der Waals surface area contributed by atoms with Crippen molar-refractivity contribution in [1.82, 2.24) is 15.2 Å². The summed E-state index contributed by atoms with van der Waals surface area (Å²) in [5.74, 6) is 2.74. The van der Waals surface area contributed by atoms with Gasteiger partial charge in [0.05, 0.1) is 28.0 Å². The first-order valence-electron chi connectivity index (χ1n) is 8.30. The minimum absolute atomic E-state index is 0.162. The Labute approximate surface area is 176 Å². The number of nitrogens with zero attached hydrogens (tertiary/aromatic N) is 2. The molecule has 0 spiro atoms. The third kappa shape index (κ3) is 4.78. The highest BCUT2D eigenvalue weighted by Crippen LogP contribution is 2.25. The second-order valence-corrected chi connectivity index (χ2v) is 8.49. The number of carbonyl (C=O) groups excluding carboxylic acids is 1. The number of terminal acetylenes is 1. The highest BCUT2D eigenvalue weighted by Gasteiger charge is 2.11. The largest absolute Gasteiger partial charge is 0.349 e. The number of hydrogen-bond donors (Lipinski definition) is 2. The zero-order valence-corrected chi connectivity index (χ0v) is 17.4. The number of benzene rings is 1. The first-order chi connectivity index (χ1) is 13.5. The Bertz CT molecular complexity index is 1030. The van der Waals surface area contributed by atoms with E-state index in [9.17, 15) is 4.79 Å². The molecule has 2 N–H and O–H groups in total. The molecule has 1 amide bonds. The van der Waals surface area contributed by atoms with Crippen LogP contribution in [0.25, 0.3) is 10.6 Å². The van der Waals surface area contributed by atoms with E-state index in [1.54, 1.807) is 24.1 Å². The van der Waals surface area contributed by atoms with Gasteiger partial charge in [-0.3, -0.25) is 10.2 Å². The van der Waals surface area contributed by atoms with Gasteiger partial charge in [-0.25, -0.2) is 4.98 Å². The molecule has 2 aromatic heterocycles. The van der Waals surface area contributed by atoms with Crippen molar-refractivity contribution in [3.8, 4) is 22.9 Å². The molecular weight excluding hydrogens is 412 g/mol. The van der Waals surface area contributed by atoms with Gasteiger partial charge in [-0.05, 0) is 12.1 Å². The lowest BCUT2D eigenvalue weighted by Gasteiger charge is -2.17. The summed E-state index contributed by atoms with van der Waals surface area (Å²) < 4.78 is 0.586. The van der Waals surface area contributed by atoms with Crippen molar-refractivity contribution in [2.75, 3.05) is 13.6 Å². The van der Waals surface area contributed by atoms with Gasteiger partial charge in [0.15, 0.2) is 0 Å². The van der Waals surface area contributed by atoms with Gasteiger partial charge in [-0.2, -0.15) is 0 Å². The molecule has 0 saturated carbocycles. The summed E-state index contributed by atoms with van der Waals surface area (Å²) in [6.45, 7) is 0.740. The van der Waals surface area contributed by atoms with E-state index < -0.39 is 0 Å². The van der Waals surface area contributed by atoms with Crippen LogP contribution in [0.1, 0.15) is 20.9 Å². The van der Waals surface area contributed by atoms with Crippen molar-refractivity contribution in [3.05, 3.63) is 62.2 Å². The van der Waals surface area contributed by atoms with Crippen LogP contribution < -0.4 is 5.32 Å². The summed E-state index contributed by atoms with van der Waals surface area (Å²) in [7, 11) is 1.79. The molecule has 1 aromatic carbocycles. The summed E-state index contributed by atoms with van der Waals surface area (Å²) in [6.07, 6.45) is 5.30. The number of amides is 1. The maximum Gasteiger partial charge on any atom is 0.261 e. The molecule has 0 aliphatic carbocycles. The number of aromatic nitrogens is 1. The van der Waals surface area contributed by atoms with Crippen LogP contribution in [0.2, 0.25) is 4.34 Å². The number of thiophene rings is 1. The molecule has 0 bridgehead atoms. The van der Waals surface area contributed by atoms with Crippen LogP contribution in [0, 0.1) is 17.8 Å². The van der Waals surface area contributed by atoms with Gasteiger partial charge in [0.25, 0.3) is 5.91 Å². The van der Waals surface area contributed by atoms with Crippen LogP contribution in [0.4, 0.5) is 0 Å². The molecule has 0 saturated heterocycles. The summed E-state index contributed by atoms with van der Waals surface area (Å²) in [5, 5.41) is 13.8. The summed E-state index contributed by atoms with van der Waals surface area (Å²) in [6, 6.07) is 11.0. The number of nitrogens with one attached hydrogen (secondary N) is 2. The molecule has 28 heavy (non-hydrogen) atoms. The molecule has 0 radical (unpaired) electrons. The fraction of sp³-hybridized carbons (Fsp3) is 0.150. The molecule has 8 heteroatoms. The maximum absolute atomic E-state index is 12.1. The fourth-order valence-electron chi connectivity index (χ4n) is 2.42. The van der Waals surface area contributed by atoms with Crippen LogP contribution in [0.15, 0.2) is 41.8 Å². The average Bonchev–Trinajstić information content (AvgIpc) is 3.35. The summed E-state index contributed by atoms with van der Waals surface area (Å²) >= 11 is 8.62. The van der Waals surface area contributed by atoms with Crippen LogP contribution in [-0.2, 0) is 6.54 Å². The number of thiazole rings is 1. The molecule has 2 heterocycles. The molecule has 0 atom stereocenters. The van der Waals surface area contributed by atoms with Gasteiger partial charge < -0.3 is 10.2 Å². The van der Waals surface area contributed by atoms with Crippen LogP contribution in [0.3, 0.4) is 0 Å². The normalized spacial score (nSPS) is 10.3. The highest BCUT2D eigenvalue weighted by molar-refractivity contribution is 7.18. The molecule has 0 unspecified atom stereocenters. The number of hydrogen-bond acceptors (Lipinski definition) is 5. The number of amidine groups is 1. The molecule has 0 fully saturated rings. The minimum atomic E-state index is -0.162. The third-order valence-electron chi connectivity index (χ3n) is 3.89. The van der Waals surface area contributed by atoms with Gasteiger partial charge in [-0.15, -0.1) is 29.1 Å². The van der Waals surface area contributed by atoms with Gasteiger partial charge in [0.2, 0.25) is 0 Å². The molecule has 0 aliphatic rings. The highest BCUT2D eigenvalue weighted by atomic mass is 35.5. The van der Waals surface area contributed by atoms with E-state index >= 15 is 0 Å². The first-order valence-corrected chi connectivity index (χ1v) is 10.4. The number of halogens is 1. The zero-order chi connectivity index (χ0) is 20.1. The van der Waals surface area contributed by atoms with E-state index in [-0.39, 0.29) is 5.91 Å². The molecule has 3 aromatic rings. The van der Waals surface area contributed by atoms with Crippen molar-refractivity contribution in [2.24, 2.45) is 0 Å². The Balaban J connectivity index is 1.63. The molecule has 5 nitrogen and oxygen atoms in total. The average molecular weight is 429 g/mol. The van der Waals surface area contributed by atoms with E-state index in [0.717, 1.165) is 21.8 Å². The Morgan fingerprint density at radius 3 is 2.71 bits per heavy atom. The Kier molecular flexibility index (Phi) is 6.47. The SMILES string of the molecule is C#CCN(C)C(=N)c1ccc(-c2nc(CNC(=O)c3ccc(Cl)s3)cs2)cc1. The fourth-order valence-corrected chi connectivity index (χ4v) is 4.21.